The second-order valence-corrected chi connectivity index (χ2v) is 6.67. The van der Waals surface area contributed by atoms with Crippen LogP contribution in [0.25, 0.3) is 0 Å². The fraction of sp³-hybridized carbons (Fsp3) is 0.875. The van der Waals surface area contributed by atoms with Crippen molar-refractivity contribution in [3.05, 3.63) is 0 Å². The Balaban J connectivity index is 1.70. The van der Waals surface area contributed by atoms with E-state index in [4.69, 9.17) is 11.6 Å². The molecule has 2 fully saturated rings. The molecule has 120 valence electrons. The average molecular weight is 315 g/mol. The first-order valence-electron chi connectivity index (χ1n) is 8.35. The molecule has 0 aromatic heterocycles. The quantitative estimate of drug-likeness (QED) is 0.793. The van der Waals surface area contributed by atoms with Crippen molar-refractivity contribution in [1.29, 1.82) is 0 Å². The van der Waals surface area contributed by atoms with Crippen molar-refractivity contribution in [3.63, 3.8) is 0 Å². The molecule has 1 saturated heterocycles. The number of piperidine rings is 1. The number of nitrogens with zero attached hydrogens (tertiary/aromatic N) is 1. The zero-order chi connectivity index (χ0) is 15.1. The summed E-state index contributed by atoms with van der Waals surface area (Å²) < 4.78 is 0. The van der Waals surface area contributed by atoms with Crippen molar-refractivity contribution in [3.8, 4) is 0 Å². The van der Waals surface area contributed by atoms with E-state index in [1.54, 1.807) is 0 Å². The monoisotopic (exact) mass is 314 g/mol. The number of carbonyl (C=O) groups excluding carboxylic acids is 2. The number of amides is 2. The maximum atomic E-state index is 12.4. The molecule has 2 rings (SSSR count). The highest BCUT2D eigenvalue weighted by Gasteiger charge is 2.29. The van der Waals surface area contributed by atoms with Crippen LogP contribution in [0.4, 0.5) is 0 Å². The van der Waals surface area contributed by atoms with Crippen molar-refractivity contribution >= 4 is 23.4 Å². The summed E-state index contributed by atoms with van der Waals surface area (Å²) in [4.78, 5) is 26.1. The van der Waals surface area contributed by atoms with E-state index in [0.29, 0.717) is 18.2 Å². The number of nitrogens with one attached hydrogen (secondary N) is 1. The fourth-order valence-electron chi connectivity index (χ4n) is 3.38. The first-order chi connectivity index (χ1) is 10.2. The van der Waals surface area contributed by atoms with Crippen LogP contribution in [0, 0.1) is 5.92 Å². The minimum Gasteiger partial charge on any atom is -0.353 e. The van der Waals surface area contributed by atoms with Crippen molar-refractivity contribution in [2.45, 2.75) is 63.8 Å². The highest BCUT2D eigenvalue weighted by atomic mass is 35.5. The molecule has 2 amide bonds. The summed E-state index contributed by atoms with van der Waals surface area (Å²) in [6.45, 7) is 1.57. The molecule has 1 heterocycles. The lowest BCUT2D eigenvalue weighted by Crippen LogP contribution is -2.48. The van der Waals surface area contributed by atoms with Gasteiger partial charge >= 0.3 is 0 Å². The highest BCUT2D eigenvalue weighted by molar-refractivity contribution is 6.17. The van der Waals surface area contributed by atoms with Gasteiger partial charge in [-0.2, -0.15) is 0 Å². The van der Waals surface area contributed by atoms with Crippen LogP contribution < -0.4 is 5.32 Å². The Morgan fingerprint density at radius 3 is 2.33 bits per heavy atom. The Morgan fingerprint density at radius 1 is 1.05 bits per heavy atom. The number of likely N-dealkylation sites (tertiary alicyclic amines) is 1. The smallest absolute Gasteiger partial charge is 0.225 e. The Bertz CT molecular complexity index is 348. The number of rotatable bonds is 5. The Labute approximate surface area is 132 Å². The fourth-order valence-corrected chi connectivity index (χ4v) is 3.51. The predicted molar refractivity (Wildman–Crippen MR) is 84.3 cm³/mol. The summed E-state index contributed by atoms with van der Waals surface area (Å²) in [5, 5.41) is 3.06. The van der Waals surface area contributed by atoms with Crippen LogP contribution in [0.3, 0.4) is 0 Å². The molecule has 0 spiro atoms. The topological polar surface area (TPSA) is 49.4 Å². The number of carbonyl (C=O) groups is 2. The van der Waals surface area contributed by atoms with Crippen LogP contribution in [-0.4, -0.2) is 41.7 Å². The summed E-state index contributed by atoms with van der Waals surface area (Å²) in [7, 11) is 0. The molecule has 0 unspecified atom stereocenters. The van der Waals surface area contributed by atoms with E-state index in [1.807, 2.05) is 4.90 Å². The van der Waals surface area contributed by atoms with E-state index in [1.165, 1.54) is 19.3 Å². The molecule has 21 heavy (non-hydrogen) atoms. The summed E-state index contributed by atoms with van der Waals surface area (Å²) >= 11 is 5.59. The van der Waals surface area contributed by atoms with Gasteiger partial charge in [0.1, 0.15) is 0 Å². The zero-order valence-electron chi connectivity index (χ0n) is 12.8. The number of hydrogen-bond acceptors (Lipinski definition) is 2. The van der Waals surface area contributed by atoms with Crippen molar-refractivity contribution in [2.24, 2.45) is 5.92 Å². The second kappa shape index (κ2) is 8.62. The van der Waals surface area contributed by atoms with Crippen LogP contribution in [0.15, 0.2) is 0 Å². The van der Waals surface area contributed by atoms with Gasteiger partial charge in [-0.3, -0.25) is 9.59 Å². The minimum atomic E-state index is 0.0905. The molecule has 0 aromatic rings. The highest BCUT2D eigenvalue weighted by Crippen LogP contribution is 2.26. The zero-order valence-corrected chi connectivity index (χ0v) is 13.5. The maximum Gasteiger partial charge on any atom is 0.225 e. The Morgan fingerprint density at radius 2 is 1.71 bits per heavy atom. The minimum absolute atomic E-state index is 0.0905. The molecule has 0 aromatic carbocycles. The van der Waals surface area contributed by atoms with Crippen molar-refractivity contribution in [1.82, 2.24) is 10.2 Å². The lowest BCUT2D eigenvalue weighted by Gasteiger charge is -2.35. The third-order valence-corrected chi connectivity index (χ3v) is 4.93. The molecule has 0 atom stereocenters. The summed E-state index contributed by atoms with van der Waals surface area (Å²) in [5.74, 6) is 1.23. The van der Waals surface area contributed by atoms with Gasteiger partial charge in [0, 0.05) is 37.4 Å². The van der Waals surface area contributed by atoms with E-state index in [2.05, 4.69) is 5.32 Å². The summed E-state index contributed by atoms with van der Waals surface area (Å²) in [5.41, 5.74) is 0. The average Bonchev–Trinajstić information content (AvgIpc) is 2.54. The molecular formula is C16H27ClN2O2. The van der Waals surface area contributed by atoms with E-state index in [-0.39, 0.29) is 17.9 Å². The van der Waals surface area contributed by atoms with E-state index in [0.717, 1.165) is 45.2 Å². The molecule has 1 aliphatic carbocycles. The van der Waals surface area contributed by atoms with Gasteiger partial charge in [-0.05, 0) is 32.1 Å². The van der Waals surface area contributed by atoms with Gasteiger partial charge in [-0.1, -0.05) is 19.3 Å². The SMILES string of the molecule is O=C(CCCCl)NC1CCN(C(=O)C2CCCCC2)CC1. The summed E-state index contributed by atoms with van der Waals surface area (Å²) in [6, 6.07) is 0.225. The maximum absolute atomic E-state index is 12.4. The predicted octanol–water partition coefficient (Wildman–Crippen LogP) is 2.69. The molecule has 1 N–H and O–H groups in total. The first kappa shape index (κ1) is 16.6. The normalized spacial score (nSPS) is 21.3. The summed E-state index contributed by atoms with van der Waals surface area (Å²) in [6.07, 6.45) is 8.79. The molecule has 1 saturated carbocycles. The van der Waals surface area contributed by atoms with E-state index < -0.39 is 0 Å². The standard InChI is InChI=1S/C16H27ClN2O2/c17-10-4-7-15(20)18-14-8-11-19(12-9-14)16(21)13-5-2-1-3-6-13/h13-14H,1-12H2,(H,18,20). The lowest BCUT2D eigenvalue weighted by molar-refractivity contribution is -0.137. The molecule has 2 aliphatic rings. The number of alkyl halides is 1. The van der Waals surface area contributed by atoms with Crippen LogP contribution in [0.2, 0.25) is 0 Å². The molecular weight excluding hydrogens is 288 g/mol. The molecule has 5 heteroatoms. The van der Waals surface area contributed by atoms with Gasteiger partial charge in [0.15, 0.2) is 0 Å². The Kier molecular flexibility index (Phi) is 6.81. The van der Waals surface area contributed by atoms with E-state index in [9.17, 15) is 9.59 Å². The second-order valence-electron chi connectivity index (χ2n) is 6.29. The van der Waals surface area contributed by atoms with Crippen LogP contribution in [0.1, 0.15) is 57.8 Å². The number of hydrogen-bond donors (Lipinski definition) is 1. The number of halogens is 1. The molecule has 1 aliphatic heterocycles. The van der Waals surface area contributed by atoms with Gasteiger partial charge in [0.2, 0.25) is 11.8 Å². The Hall–Kier alpha value is -0.770. The lowest BCUT2D eigenvalue weighted by atomic mass is 9.87. The van der Waals surface area contributed by atoms with Gasteiger partial charge < -0.3 is 10.2 Å². The third kappa shape index (κ3) is 5.17. The van der Waals surface area contributed by atoms with Gasteiger partial charge in [0.25, 0.3) is 0 Å². The molecule has 0 bridgehead atoms. The molecule has 0 radical (unpaired) electrons. The van der Waals surface area contributed by atoms with Gasteiger partial charge in [-0.25, -0.2) is 0 Å². The van der Waals surface area contributed by atoms with Crippen LogP contribution >= 0.6 is 11.6 Å². The van der Waals surface area contributed by atoms with Gasteiger partial charge in [0.05, 0.1) is 0 Å². The van der Waals surface area contributed by atoms with Crippen molar-refractivity contribution < 1.29 is 9.59 Å². The van der Waals surface area contributed by atoms with Crippen molar-refractivity contribution in [2.75, 3.05) is 19.0 Å². The molecule has 4 nitrogen and oxygen atoms in total. The van der Waals surface area contributed by atoms with Crippen LogP contribution in [-0.2, 0) is 9.59 Å². The van der Waals surface area contributed by atoms with Crippen LogP contribution in [0.5, 0.6) is 0 Å². The third-order valence-electron chi connectivity index (χ3n) is 4.66. The van der Waals surface area contributed by atoms with Gasteiger partial charge in [-0.15, -0.1) is 11.6 Å². The van der Waals surface area contributed by atoms with E-state index >= 15 is 0 Å². The first-order valence-corrected chi connectivity index (χ1v) is 8.88. The largest absolute Gasteiger partial charge is 0.353 e.